The molecular formula is C10H14N2O4. The number of nitro benzene ring substituents is 1. The average molecular weight is 226 g/mol. The SMILES string of the molecule is COc1ccc(CC(N)CO)c([N+](=O)[O-])c1. The van der Waals surface area contributed by atoms with Gasteiger partial charge in [-0.3, -0.25) is 10.1 Å². The van der Waals surface area contributed by atoms with Crippen molar-refractivity contribution in [1.82, 2.24) is 0 Å². The Bertz CT molecular complexity index is 381. The quantitative estimate of drug-likeness (QED) is 0.561. The molecule has 1 atom stereocenters. The van der Waals surface area contributed by atoms with Gasteiger partial charge in [-0.15, -0.1) is 0 Å². The van der Waals surface area contributed by atoms with Gasteiger partial charge in [-0.25, -0.2) is 0 Å². The van der Waals surface area contributed by atoms with Crippen LogP contribution in [0.3, 0.4) is 0 Å². The molecule has 0 aliphatic carbocycles. The van der Waals surface area contributed by atoms with E-state index < -0.39 is 11.0 Å². The summed E-state index contributed by atoms with van der Waals surface area (Å²) >= 11 is 0. The van der Waals surface area contributed by atoms with Crippen molar-refractivity contribution in [2.75, 3.05) is 13.7 Å². The van der Waals surface area contributed by atoms with Crippen LogP contribution in [0.5, 0.6) is 5.75 Å². The Hall–Kier alpha value is -1.66. The number of aliphatic hydroxyl groups is 1. The number of rotatable bonds is 5. The number of nitrogens with zero attached hydrogens (tertiary/aromatic N) is 1. The first-order chi connectivity index (χ1) is 7.58. The summed E-state index contributed by atoms with van der Waals surface area (Å²) in [6.45, 7) is -0.205. The van der Waals surface area contributed by atoms with Crippen LogP contribution in [0, 0.1) is 10.1 Å². The van der Waals surface area contributed by atoms with E-state index in [1.165, 1.54) is 13.2 Å². The van der Waals surface area contributed by atoms with E-state index in [1.54, 1.807) is 12.1 Å². The highest BCUT2D eigenvalue weighted by atomic mass is 16.6. The smallest absolute Gasteiger partial charge is 0.276 e. The van der Waals surface area contributed by atoms with E-state index in [1.807, 2.05) is 0 Å². The first-order valence-corrected chi connectivity index (χ1v) is 4.76. The lowest BCUT2D eigenvalue weighted by Crippen LogP contribution is -2.27. The maximum Gasteiger partial charge on any atom is 0.276 e. The minimum atomic E-state index is -0.493. The molecular weight excluding hydrogens is 212 g/mol. The Morgan fingerprint density at radius 2 is 2.31 bits per heavy atom. The highest BCUT2D eigenvalue weighted by molar-refractivity contribution is 5.46. The Kier molecular flexibility index (Phi) is 4.21. The van der Waals surface area contributed by atoms with Crippen LogP contribution in [0.4, 0.5) is 5.69 Å². The van der Waals surface area contributed by atoms with E-state index in [0.717, 1.165) is 0 Å². The first kappa shape index (κ1) is 12.4. The number of nitrogens with two attached hydrogens (primary N) is 1. The number of hydrogen-bond donors (Lipinski definition) is 2. The molecule has 0 fully saturated rings. The monoisotopic (exact) mass is 226 g/mol. The Morgan fingerprint density at radius 3 is 2.81 bits per heavy atom. The summed E-state index contributed by atoms with van der Waals surface area (Å²) in [5.74, 6) is 0.424. The molecule has 0 spiro atoms. The third-order valence-corrected chi connectivity index (χ3v) is 2.21. The molecule has 0 amide bonds. The number of hydrogen-bond acceptors (Lipinski definition) is 5. The van der Waals surface area contributed by atoms with Gasteiger partial charge in [0.05, 0.1) is 24.7 Å². The van der Waals surface area contributed by atoms with Crippen LogP contribution in [0.15, 0.2) is 18.2 Å². The molecule has 3 N–H and O–H groups in total. The third kappa shape index (κ3) is 2.91. The van der Waals surface area contributed by atoms with E-state index in [2.05, 4.69) is 0 Å². The Labute approximate surface area is 92.8 Å². The van der Waals surface area contributed by atoms with Crippen LogP contribution in [-0.2, 0) is 6.42 Å². The predicted molar refractivity (Wildman–Crippen MR) is 58.4 cm³/mol. The summed E-state index contributed by atoms with van der Waals surface area (Å²) in [5, 5.41) is 19.6. The number of ether oxygens (including phenoxy) is 1. The molecule has 0 bridgehead atoms. The van der Waals surface area contributed by atoms with Gasteiger partial charge in [-0.05, 0) is 18.6 Å². The predicted octanol–water partition coefficient (Wildman–Crippen LogP) is 0.466. The number of aliphatic hydroxyl groups excluding tert-OH is 1. The molecule has 0 saturated carbocycles. The maximum atomic E-state index is 10.8. The third-order valence-electron chi connectivity index (χ3n) is 2.21. The lowest BCUT2D eigenvalue weighted by molar-refractivity contribution is -0.385. The minimum absolute atomic E-state index is 0.0387. The largest absolute Gasteiger partial charge is 0.497 e. The Balaban J connectivity index is 3.03. The standard InChI is InChI=1S/C10H14N2O4/c1-16-9-3-2-7(4-8(11)6-13)10(5-9)12(14)15/h2-3,5,8,13H,4,6,11H2,1H3. The molecule has 1 rings (SSSR count). The molecule has 6 nitrogen and oxygen atoms in total. The van der Waals surface area contributed by atoms with Crippen molar-refractivity contribution in [3.05, 3.63) is 33.9 Å². The molecule has 0 radical (unpaired) electrons. The lowest BCUT2D eigenvalue weighted by atomic mass is 10.0. The summed E-state index contributed by atoms with van der Waals surface area (Å²) in [5.41, 5.74) is 5.99. The molecule has 1 aromatic carbocycles. The van der Waals surface area contributed by atoms with Gasteiger partial charge in [0.15, 0.2) is 0 Å². The van der Waals surface area contributed by atoms with Crippen molar-refractivity contribution in [2.24, 2.45) is 5.73 Å². The zero-order chi connectivity index (χ0) is 12.1. The van der Waals surface area contributed by atoms with Gasteiger partial charge < -0.3 is 15.6 Å². The van der Waals surface area contributed by atoms with E-state index in [4.69, 9.17) is 15.6 Å². The second-order valence-electron chi connectivity index (χ2n) is 3.40. The fourth-order valence-corrected chi connectivity index (χ4v) is 1.36. The molecule has 0 aliphatic heterocycles. The van der Waals surface area contributed by atoms with Crippen LogP contribution < -0.4 is 10.5 Å². The molecule has 1 unspecified atom stereocenters. The van der Waals surface area contributed by atoms with Gasteiger partial charge in [0.1, 0.15) is 5.75 Å². The second kappa shape index (κ2) is 5.43. The van der Waals surface area contributed by atoms with E-state index in [0.29, 0.717) is 11.3 Å². The fraction of sp³-hybridized carbons (Fsp3) is 0.400. The number of nitro groups is 1. The van der Waals surface area contributed by atoms with E-state index in [9.17, 15) is 10.1 Å². The fourth-order valence-electron chi connectivity index (χ4n) is 1.36. The van der Waals surface area contributed by atoms with Gasteiger partial charge >= 0.3 is 0 Å². The van der Waals surface area contributed by atoms with Gasteiger partial charge in [0.2, 0.25) is 0 Å². The van der Waals surface area contributed by atoms with Gasteiger partial charge in [0.25, 0.3) is 5.69 Å². The summed E-state index contributed by atoms with van der Waals surface area (Å²) in [4.78, 5) is 10.3. The van der Waals surface area contributed by atoms with Crippen molar-refractivity contribution in [3.63, 3.8) is 0 Å². The van der Waals surface area contributed by atoms with Gasteiger partial charge in [0, 0.05) is 11.6 Å². The van der Waals surface area contributed by atoms with Crippen molar-refractivity contribution < 1.29 is 14.8 Å². The molecule has 0 aliphatic rings. The minimum Gasteiger partial charge on any atom is -0.497 e. The molecule has 16 heavy (non-hydrogen) atoms. The molecule has 88 valence electrons. The van der Waals surface area contributed by atoms with Crippen LogP contribution in [-0.4, -0.2) is 29.8 Å². The summed E-state index contributed by atoms with van der Waals surface area (Å²) in [6, 6.07) is 4.07. The number of methoxy groups -OCH3 is 1. The van der Waals surface area contributed by atoms with Crippen molar-refractivity contribution in [2.45, 2.75) is 12.5 Å². The average Bonchev–Trinajstić information content (AvgIpc) is 2.29. The van der Waals surface area contributed by atoms with E-state index in [-0.39, 0.29) is 18.7 Å². The molecule has 0 aromatic heterocycles. The number of benzene rings is 1. The zero-order valence-corrected chi connectivity index (χ0v) is 8.92. The van der Waals surface area contributed by atoms with Crippen molar-refractivity contribution >= 4 is 5.69 Å². The highest BCUT2D eigenvalue weighted by Gasteiger charge is 2.16. The maximum absolute atomic E-state index is 10.8. The highest BCUT2D eigenvalue weighted by Crippen LogP contribution is 2.25. The summed E-state index contributed by atoms with van der Waals surface area (Å²) in [7, 11) is 1.44. The summed E-state index contributed by atoms with van der Waals surface area (Å²) < 4.78 is 4.91. The molecule has 0 saturated heterocycles. The Morgan fingerprint density at radius 1 is 1.62 bits per heavy atom. The molecule has 0 heterocycles. The first-order valence-electron chi connectivity index (χ1n) is 4.76. The van der Waals surface area contributed by atoms with Crippen LogP contribution in [0.25, 0.3) is 0 Å². The summed E-state index contributed by atoms with van der Waals surface area (Å²) in [6.07, 6.45) is 0.261. The van der Waals surface area contributed by atoms with Gasteiger partial charge in [-0.2, -0.15) is 0 Å². The van der Waals surface area contributed by atoms with Crippen LogP contribution >= 0.6 is 0 Å². The van der Waals surface area contributed by atoms with Gasteiger partial charge in [-0.1, -0.05) is 0 Å². The van der Waals surface area contributed by atoms with Crippen molar-refractivity contribution in [1.29, 1.82) is 0 Å². The van der Waals surface area contributed by atoms with Crippen LogP contribution in [0.1, 0.15) is 5.56 Å². The van der Waals surface area contributed by atoms with E-state index >= 15 is 0 Å². The zero-order valence-electron chi connectivity index (χ0n) is 8.92. The van der Waals surface area contributed by atoms with Crippen LogP contribution in [0.2, 0.25) is 0 Å². The lowest BCUT2D eigenvalue weighted by Gasteiger charge is -2.09. The normalized spacial score (nSPS) is 12.2. The molecule has 1 aromatic rings. The topological polar surface area (TPSA) is 98.6 Å². The second-order valence-corrected chi connectivity index (χ2v) is 3.40. The van der Waals surface area contributed by atoms with Crippen molar-refractivity contribution in [3.8, 4) is 5.75 Å². The molecule has 6 heteroatoms.